The summed E-state index contributed by atoms with van der Waals surface area (Å²) in [5.74, 6) is 0.583. The van der Waals surface area contributed by atoms with E-state index >= 15 is 0 Å². The van der Waals surface area contributed by atoms with Crippen LogP contribution in [0, 0.1) is 6.92 Å². The molecule has 0 amide bonds. The van der Waals surface area contributed by atoms with Crippen molar-refractivity contribution in [1.29, 1.82) is 0 Å². The molecule has 2 rings (SSSR count). The number of aryl methyl sites for hydroxylation is 1. The van der Waals surface area contributed by atoms with E-state index in [-0.39, 0.29) is 0 Å². The standard InChI is InChI=1S/C13H15NO2/c1-10-4-6-11(7-5-10)14-9-12(15)13-3-2-8-16-13/h2-8,12,14-15H,9H2,1H3. The molecule has 0 bridgehead atoms. The predicted octanol–water partition coefficient (Wildman–Crippen LogP) is 2.73. The van der Waals surface area contributed by atoms with Gasteiger partial charge in [-0.3, -0.25) is 0 Å². The number of rotatable bonds is 4. The molecule has 1 unspecified atom stereocenters. The first-order valence-corrected chi connectivity index (χ1v) is 5.28. The molecule has 16 heavy (non-hydrogen) atoms. The fourth-order valence-electron chi connectivity index (χ4n) is 1.47. The Morgan fingerprint density at radius 3 is 2.62 bits per heavy atom. The van der Waals surface area contributed by atoms with Gasteiger partial charge in [0, 0.05) is 12.2 Å². The Labute approximate surface area is 94.7 Å². The fraction of sp³-hybridized carbons (Fsp3) is 0.231. The molecule has 0 radical (unpaired) electrons. The van der Waals surface area contributed by atoms with Crippen molar-refractivity contribution in [3.63, 3.8) is 0 Å². The molecule has 1 aromatic heterocycles. The van der Waals surface area contributed by atoms with E-state index < -0.39 is 6.10 Å². The number of benzene rings is 1. The van der Waals surface area contributed by atoms with Crippen LogP contribution in [0.1, 0.15) is 17.4 Å². The summed E-state index contributed by atoms with van der Waals surface area (Å²) < 4.78 is 5.11. The Morgan fingerprint density at radius 2 is 2.00 bits per heavy atom. The zero-order valence-corrected chi connectivity index (χ0v) is 9.18. The number of nitrogens with one attached hydrogen (secondary N) is 1. The van der Waals surface area contributed by atoms with Gasteiger partial charge in [-0.1, -0.05) is 17.7 Å². The molecular weight excluding hydrogens is 202 g/mol. The van der Waals surface area contributed by atoms with Crippen molar-refractivity contribution in [3.8, 4) is 0 Å². The highest BCUT2D eigenvalue weighted by molar-refractivity contribution is 5.44. The zero-order chi connectivity index (χ0) is 11.4. The lowest BCUT2D eigenvalue weighted by molar-refractivity contribution is 0.162. The lowest BCUT2D eigenvalue weighted by atomic mass is 10.2. The molecule has 0 spiro atoms. The molecule has 2 N–H and O–H groups in total. The third kappa shape index (κ3) is 2.64. The summed E-state index contributed by atoms with van der Waals surface area (Å²) in [7, 11) is 0. The highest BCUT2D eigenvalue weighted by Crippen LogP contribution is 2.15. The van der Waals surface area contributed by atoms with Crippen LogP contribution in [0.15, 0.2) is 47.1 Å². The maximum atomic E-state index is 9.77. The van der Waals surface area contributed by atoms with Crippen molar-refractivity contribution in [2.45, 2.75) is 13.0 Å². The monoisotopic (exact) mass is 217 g/mol. The first kappa shape index (κ1) is 10.8. The summed E-state index contributed by atoms with van der Waals surface area (Å²) in [5, 5.41) is 12.9. The quantitative estimate of drug-likeness (QED) is 0.827. The Kier molecular flexibility index (Phi) is 3.27. The summed E-state index contributed by atoms with van der Waals surface area (Å²) in [4.78, 5) is 0. The van der Waals surface area contributed by atoms with Gasteiger partial charge < -0.3 is 14.8 Å². The molecule has 1 aromatic carbocycles. The molecule has 84 valence electrons. The van der Waals surface area contributed by atoms with Gasteiger partial charge in [0.15, 0.2) is 0 Å². The van der Waals surface area contributed by atoms with Crippen LogP contribution in [-0.2, 0) is 0 Å². The van der Waals surface area contributed by atoms with Crippen LogP contribution in [0.3, 0.4) is 0 Å². The van der Waals surface area contributed by atoms with Crippen LogP contribution in [0.2, 0.25) is 0 Å². The molecule has 2 aromatic rings. The van der Waals surface area contributed by atoms with E-state index in [4.69, 9.17) is 4.42 Å². The first-order valence-electron chi connectivity index (χ1n) is 5.28. The molecular formula is C13H15NO2. The van der Waals surface area contributed by atoms with Crippen molar-refractivity contribution in [2.75, 3.05) is 11.9 Å². The van der Waals surface area contributed by atoms with Gasteiger partial charge in [-0.2, -0.15) is 0 Å². The first-order chi connectivity index (χ1) is 7.75. The third-order valence-electron chi connectivity index (χ3n) is 2.42. The average molecular weight is 217 g/mol. The van der Waals surface area contributed by atoms with E-state index in [0.717, 1.165) is 5.69 Å². The summed E-state index contributed by atoms with van der Waals surface area (Å²) in [6.45, 7) is 2.48. The topological polar surface area (TPSA) is 45.4 Å². The van der Waals surface area contributed by atoms with Crippen LogP contribution >= 0.6 is 0 Å². The van der Waals surface area contributed by atoms with E-state index in [1.54, 1.807) is 18.4 Å². The highest BCUT2D eigenvalue weighted by atomic mass is 16.4. The normalized spacial score (nSPS) is 12.4. The largest absolute Gasteiger partial charge is 0.467 e. The van der Waals surface area contributed by atoms with Crippen molar-refractivity contribution >= 4 is 5.69 Å². The van der Waals surface area contributed by atoms with E-state index in [1.165, 1.54) is 5.56 Å². The number of aliphatic hydroxyl groups is 1. The average Bonchev–Trinajstić information content (AvgIpc) is 2.81. The molecule has 0 saturated carbocycles. The molecule has 3 nitrogen and oxygen atoms in total. The van der Waals surface area contributed by atoms with Crippen molar-refractivity contribution in [2.24, 2.45) is 0 Å². The van der Waals surface area contributed by atoms with E-state index in [9.17, 15) is 5.11 Å². The predicted molar refractivity (Wildman–Crippen MR) is 63.3 cm³/mol. The van der Waals surface area contributed by atoms with Gasteiger partial charge in [0.25, 0.3) is 0 Å². The van der Waals surface area contributed by atoms with Crippen LogP contribution < -0.4 is 5.32 Å². The van der Waals surface area contributed by atoms with Gasteiger partial charge in [0.2, 0.25) is 0 Å². The molecule has 1 heterocycles. The van der Waals surface area contributed by atoms with Crippen molar-refractivity contribution in [1.82, 2.24) is 0 Å². The number of hydrogen-bond acceptors (Lipinski definition) is 3. The second-order valence-corrected chi connectivity index (χ2v) is 3.78. The van der Waals surface area contributed by atoms with E-state index in [2.05, 4.69) is 5.32 Å². The van der Waals surface area contributed by atoms with Gasteiger partial charge in [-0.15, -0.1) is 0 Å². The molecule has 1 atom stereocenters. The van der Waals surface area contributed by atoms with Crippen LogP contribution in [0.5, 0.6) is 0 Å². The maximum Gasteiger partial charge on any atom is 0.134 e. The SMILES string of the molecule is Cc1ccc(NCC(O)c2ccco2)cc1. The molecule has 0 fully saturated rings. The molecule has 0 aliphatic heterocycles. The Morgan fingerprint density at radius 1 is 1.25 bits per heavy atom. The summed E-state index contributed by atoms with van der Waals surface area (Å²) in [5.41, 5.74) is 2.22. The third-order valence-corrected chi connectivity index (χ3v) is 2.42. The summed E-state index contributed by atoms with van der Waals surface area (Å²) in [6, 6.07) is 11.6. The molecule has 0 aliphatic rings. The summed E-state index contributed by atoms with van der Waals surface area (Å²) >= 11 is 0. The highest BCUT2D eigenvalue weighted by Gasteiger charge is 2.09. The lowest BCUT2D eigenvalue weighted by Gasteiger charge is -2.10. The van der Waals surface area contributed by atoms with Gasteiger partial charge in [-0.25, -0.2) is 0 Å². The van der Waals surface area contributed by atoms with Crippen molar-refractivity contribution < 1.29 is 9.52 Å². The minimum absolute atomic E-state index is 0.441. The molecule has 0 aliphatic carbocycles. The Balaban J connectivity index is 1.90. The number of aliphatic hydroxyl groups excluding tert-OH is 1. The van der Waals surface area contributed by atoms with Crippen LogP contribution in [0.25, 0.3) is 0 Å². The second-order valence-electron chi connectivity index (χ2n) is 3.78. The van der Waals surface area contributed by atoms with Gasteiger partial charge in [0.1, 0.15) is 11.9 Å². The Hall–Kier alpha value is -1.74. The molecule has 0 saturated heterocycles. The second kappa shape index (κ2) is 4.86. The van der Waals surface area contributed by atoms with Crippen LogP contribution in [0.4, 0.5) is 5.69 Å². The number of furan rings is 1. The lowest BCUT2D eigenvalue weighted by Crippen LogP contribution is -2.11. The fourth-order valence-corrected chi connectivity index (χ4v) is 1.47. The molecule has 3 heteroatoms. The smallest absolute Gasteiger partial charge is 0.134 e. The maximum absolute atomic E-state index is 9.77. The summed E-state index contributed by atoms with van der Waals surface area (Å²) in [6.07, 6.45) is 0.945. The van der Waals surface area contributed by atoms with E-state index in [0.29, 0.717) is 12.3 Å². The van der Waals surface area contributed by atoms with Crippen LogP contribution in [-0.4, -0.2) is 11.7 Å². The number of hydrogen-bond donors (Lipinski definition) is 2. The minimum atomic E-state index is -0.615. The van der Waals surface area contributed by atoms with Gasteiger partial charge in [0.05, 0.1) is 6.26 Å². The van der Waals surface area contributed by atoms with Crippen molar-refractivity contribution in [3.05, 3.63) is 54.0 Å². The minimum Gasteiger partial charge on any atom is -0.467 e. The van der Waals surface area contributed by atoms with E-state index in [1.807, 2.05) is 31.2 Å². The number of anilines is 1. The van der Waals surface area contributed by atoms with Gasteiger partial charge in [-0.05, 0) is 31.2 Å². The van der Waals surface area contributed by atoms with Gasteiger partial charge >= 0.3 is 0 Å². The zero-order valence-electron chi connectivity index (χ0n) is 9.18. The Bertz CT molecular complexity index is 420.